The van der Waals surface area contributed by atoms with Crippen molar-refractivity contribution >= 4 is 23.1 Å². The van der Waals surface area contributed by atoms with Gasteiger partial charge in [-0.15, -0.1) is 11.3 Å². The van der Waals surface area contributed by atoms with Crippen molar-refractivity contribution in [2.45, 2.75) is 39.2 Å². The number of hydrogen-bond donors (Lipinski definition) is 1. The number of carbonyl (C=O) groups is 1. The third-order valence-electron chi connectivity index (χ3n) is 4.03. The van der Waals surface area contributed by atoms with Gasteiger partial charge in [0.1, 0.15) is 11.6 Å². The van der Waals surface area contributed by atoms with Crippen LogP contribution in [0.3, 0.4) is 0 Å². The van der Waals surface area contributed by atoms with Crippen molar-refractivity contribution in [2.75, 3.05) is 18.9 Å². The Hall–Kier alpha value is -2.02. The Morgan fingerprint density at radius 2 is 2.22 bits per heavy atom. The van der Waals surface area contributed by atoms with E-state index >= 15 is 0 Å². The molecule has 1 N–H and O–H groups in total. The molecule has 1 fully saturated rings. The Labute approximate surface area is 140 Å². The van der Waals surface area contributed by atoms with Crippen molar-refractivity contribution in [2.24, 2.45) is 0 Å². The molecule has 2 aromatic heterocycles. The van der Waals surface area contributed by atoms with E-state index in [1.807, 2.05) is 37.2 Å². The summed E-state index contributed by atoms with van der Waals surface area (Å²) in [6.07, 6.45) is 2.32. The molecular formula is C16H21N5OS. The maximum Gasteiger partial charge on any atom is 0.229 e. The van der Waals surface area contributed by atoms with Crippen LogP contribution in [0.1, 0.15) is 41.1 Å². The van der Waals surface area contributed by atoms with Crippen molar-refractivity contribution in [1.29, 1.82) is 0 Å². The lowest BCUT2D eigenvalue weighted by Gasteiger charge is -2.24. The maximum absolute atomic E-state index is 12.7. The minimum absolute atomic E-state index is 0.0380. The number of nitrogens with one attached hydrogen (secondary N) is 1. The fourth-order valence-electron chi connectivity index (χ4n) is 3.01. The molecule has 0 aliphatic carbocycles. The van der Waals surface area contributed by atoms with Gasteiger partial charge in [-0.25, -0.2) is 15.0 Å². The highest BCUT2D eigenvalue weighted by Gasteiger charge is 2.31. The van der Waals surface area contributed by atoms with Crippen LogP contribution in [-0.2, 0) is 11.2 Å². The van der Waals surface area contributed by atoms with Gasteiger partial charge < -0.3 is 10.2 Å². The lowest BCUT2D eigenvalue weighted by Crippen LogP contribution is -2.32. The van der Waals surface area contributed by atoms with E-state index in [9.17, 15) is 4.79 Å². The number of aromatic nitrogens is 3. The molecular weight excluding hydrogens is 310 g/mol. The topological polar surface area (TPSA) is 71.0 Å². The molecule has 2 aromatic rings. The first-order valence-electron chi connectivity index (χ1n) is 7.80. The fourth-order valence-corrected chi connectivity index (χ4v) is 3.62. The summed E-state index contributed by atoms with van der Waals surface area (Å²) in [7, 11) is 1.84. The minimum atomic E-state index is 0.0380. The highest BCUT2D eigenvalue weighted by Crippen LogP contribution is 2.32. The molecule has 6 nitrogen and oxygen atoms in total. The number of nitrogens with zero attached hydrogens (tertiary/aromatic N) is 4. The van der Waals surface area contributed by atoms with Crippen molar-refractivity contribution in [3.8, 4) is 0 Å². The van der Waals surface area contributed by atoms with E-state index in [0.717, 1.165) is 47.4 Å². The Morgan fingerprint density at radius 1 is 1.39 bits per heavy atom. The van der Waals surface area contributed by atoms with E-state index in [0.29, 0.717) is 6.42 Å². The molecule has 3 heterocycles. The zero-order valence-corrected chi connectivity index (χ0v) is 14.5. The average molecular weight is 331 g/mol. The maximum atomic E-state index is 12.7. The third kappa shape index (κ3) is 3.50. The molecule has 3 rings (SSSR count). The van der Waals surface area contributed by atoms with Gasteiger partial charge in [-0.05, 0) is 26.7 Å². The van der Waals surface area contributed by atoms with Crippen molar-refractivity contribution < 1.29 is 4.79 Å². The van der Waals surface area contributed by atoms with Crippen molar-refractivity contribution in [1.82, 2.24) is 19.9 Å². The van der Waals surface area contributed by atoms with Crippen molar-refractivity contribution in [3.63, 3.8) is 0 Å². The number of amides is 1. The molecule has 0 saturated carbocycles. The highest BCUT2D eigenvalue weighted by atomic mass is 32.1. The molecule has 122 valence electrons. The Balaban J connectivity index is 1.79. The van der Waals surface area contributed by atoms with Gasteiger partial charge in [0.2, 0.25) is 5.91 Å². The summed E-state index contributed by atoms with van der Waals surface area (Å²) in [5, 5.41) is 6.02. The number of carbonyl (C=O) groups excluding carboxylic acids is 1. The first-order chi connectivity index (χ1) is 11.1. The van der Waals surface area contributed by atoms with Crippen LogP contribution in [0.15, 0.2) is 11.4 Å². The summed E-state index contributed by atoms with van der Waals surface area (Å²) in [6.45, 7) is 4.62. The summed E-state index contributed by atoms with van der Waals surface area (Å²) >= 11 is 1.58. The summed E-state index contributed by atoms with van der Waals surface area (Å²) in [4.78, 5) is 27.9. The van der Waals surface area contributed by atoms with Gasteiger partial charge in [0.05, 0.1) is 28.9 Å². The number of rotatable bonds is 4. The van der Waals surface area contributed by atoms with Gasteiger partial charge >= 0.3 is 0 Å². The van der Waals surface area contributed by atoms with Crippen LogP contribution in [0.4, 0.5) is 5.82 Å². The monoisotopic (exact) mass is 331 g/mol. The van der Waals surface area contributed by atoms with Crippen LogP contribution in [0.2, 0.25) is 0 Å². The van der Waals surface area contributed by atoms with Crippen LogP contribution in [0.25, 0.3) is 0 Å². The smallest absolute Gasteiger partial charge is 0.229 e. The summed E-state index contributed by atoms with van der Waals surface area (Å²) in [5.74, 6) is 1.64. The summed E-state index contributed by atoms with van der Waals surface area (Å²) in [6, 6.07) is 1.98. The average Bonchev–Trinajstić information content (AvgIpc) is 3.15. The highest BCUT2D eigenvalue weighted by molar-refractivity contribution is 7.09. The van der Waals surface area contributed by atoms with Gasteiger partial charge in [-0.1, -0.05) is 0 Å². The second-order valence-corrected chi connectivity index (χ2v) is 6.82. The van der Waals surface area contributed by atoms with Crippen molar-refractivity contribution in [3.05, 3.63) is 33.7 Å². The number of anilines is 1. The quantitative estimate of drug-likeness (QED) is 0.932. The molecule has 0 radical (unpaired) electrons. The molecule has 1 amide bonds. The molecule has 0 unspecified atom stereocenters. The normalized spacial score (nSPS) is 17.5. The fraction of sp³-hybridized carbons (Fsp3) is 0.500. The predicted molar refractivity (Wildman–Crippen MR) is 90.6 cm³/mol. The van der Waals surface area contributed by atoms with Crippen LogP contribution >= 0.6 is 11.3 Å². The van der Waals surface area contributed by atoms with E-state index in [2.05, 4.69) is 20.3 Å². The van der Waals surface area contributed by atoms with Gasteiger partial charge in [0.15, 0.2) is 0 Å². The lowest BCUT2D eigenvalue weighted by atomic mass is 10.1. The number of likely N-dealkylation sites (tertiary alicyclic amines) is 1. The molecule has 1 atom stereocenters. The number of hydrogen-bond acceptors (Lipinski definition) is 6. The van der Waals surface area contributed by atoms with Crippen LogP contribution in [0, 0.1) is 13.8 Å². The van der Waals surface area contributed by atoms with Gasteiger partial charge in [-0.3, -0.25) is 4.79 Å². The van der Waals surface area contributed by atoms with E-state index < -0.39 is 0 Å². The number of aryl methyl sites for hydroxylation is 2. The van der Waals surface area contributed by atoms with Gasteiger partial charge in [0, 0.05) is 25.0 Å². The molecule has 1 aliphatic heterocycles. The van der Waals surface area contributed by atoms with E-state index in [4.69, 9.17) is 0 Å². The lowest BCUT2D eigenvalue weighted by molar-refractivity contribution is -0.131. The third-order valence-corrected chi connectivity index (χ3v) is 4.85. The Morgan fingerprint density at radius 3 is 2.91 bits per heavy atom. The minimum Gasteiger partial charge on any atom is -0.373 e. The van der Waals surface area contributed by atoms with Crippen LogP contribution < -0.4 is 5.32 Å². The molecule has 23 heavy (non-hydrogen) atoms. The second-order valence-electron chi connectivity index (χ2n) is 5.76. The standard InChI is InChI=1S/C16H21N5OS/c1-10-18-13(8-15(17-3)19-10)14-5-4-6-21(14)16(22)7-12-9-23-11(2)20-12/h8-9,14H,4-7H2,1-3H3,(H,17,18,19)/t14-/m1/s1. The molecule has 7 heteroatoms. The van der Waals surface area contributed by atoms with Gasteiger partial charge in [-0.2, -0.15) is 0 Å². The van der Waals surface area contributed by atoms with E-state index in [-0.39, 0.29) is 11.9 Å². The second kappa shape index (κ2) is 6.62. The molecule has 0 spiro atoms. The SMILES string of the molecule is CNc1cc([C@H]2CCCN2C(=O)Cc2csc(C)n2)nc(C)n1. The Bertz CT molecular complexity index is 714. The molecule has 1 saturated heterocycles. The first-order valence-corrected chi connectivity index (χ1v) is 8.68. The summed E-state index contributed by atoms with van der Waals surface area (Å²) in [5.41, 5.74) is 1.78. The first kappa shape index (κ1) is 15.9. The van der Waals surface area contributed by atoms with Crippen LogP contribution in [-0.4, -0.2) is 39.4 Å². The predicted octanol–water partition coefficient (Wildman–Crippen LogP) is 2.50. The largest absolute Gasteiger partial charge is 0.373 e. The van der Waals surface area contributed by atoms with Gasteiger partial charge in [0.25, 0.3) is 0 Å². The molecule has 0 bridgehead atoms. The van der Waals surface area contributed by atoms with E-state index in [1.54, 1.807) is 11.3 Å². The summed E-state index contributed by atoms with van der Waals surface area (Å²) < 4.78 is 0. The molecule has 1 aliphatic rings. The zero-order valence-electron chi connectivity index (χ0n) is 13.7. The molecule has 0 aromatic carbocycles. The van der Waals surface area contributed by atoms with Crippen LogP contribution in [0.5, 0.6) is 0 Å². The van der Waals surface area contributed by atoms with E-state index in [1.165, 1.54) is 0 Å². The Kier molecular flexibility index (Phi) is 4.56. The number of thiazole rings is 1. The zero-order chi connectivity index (χ0) is 16.4.